The van der Waals surface area contributed by atoms with E-state index in [-0.39, 0.29) is 0 Å². The molecule has 5 heteroatoms. The second-order valence-electron chi connectivity index (χ2n) is 6.19. The molecule has 4 aromatic rings. The third kappa shape index (κ3) is 3.33. The van der Waals surface area contributed by atoms with Crippen molar-refractivity contribution in [3.8, 4) is 17.7 Å². The van der Waals surface area contributed by atoms with Gasteiger partial charge in [0.1, 0.15) is 17.5 Å². The predicted molar refractivity (Wildman–Crippen MR) is 108 cm³/mol. The predicted octanol–water partition coefficient (Wildman–Crippen LogP) is 5.59. The zero-order chi connectivity index (χ0) is 18.8. The zero-order valence-corrected chi connectivity index (χ0v) is 15.1. The van der Waals surface area contributed by atoms with Crippen LogP contribution in [0.15, 0.2) is 72.8 Å². The monoisotopic (exact) mass is 373 g/mol. The van der Waals surface area contributed by atoms with E-state index in [1.165, 1.54) is 0 Å². The highest BCUT2D eigenvalue weighted by Gasteiger charge is 2.17. The number of halogens is 1. The van der Waals surface area contributed by atoms with Crippen molar-refractivity contribution in [3.63, 3.8) is 0 Å². The van der Waals surface area contributed by atoms with Crippen molar-refractivity contribution in [2.45, 2.75) is 6.54 Å². The van der Waals surface area contributed by atoms with Crippen LogP contribution in [-0.2, 0) is 6.54 Å². The number of nitrogens with zero attached hydrogens (tertiary/aromatic N) is 2. The summed E-state index contributed by atoms with van der Waals surface area (Å²) < 4.78 is 7.78. The van der Waals surface area contributed by atoms with Crippen LogP contribution in [0.4, 0.5) is 5.69 Å². The zero-order valence-electron chi connectivity index (χ0n) is 14.4. The molecule has 27 heavy (non-hydrogen) atoms. The van der Waals surface area contributed by atoms with E-state index in [4.69, 9.17) is 22.1 Å². The highest BCUT2D eigenvalue weighted by Crippen LogP contribution is 2.33. The van der Waals surface area contributed by atoms with Gasteiger partial charge in [-0.3, -0.25) is 4.57 Å². The fourth-order valence-corrected chi connectivity index (χ4v) is 3.34. The van der Waals surface area contributed by atoms with Crippen molar-refractivity contribution in [1.82, 2.24) is 4.57 Å². The lowest BCUT2D eigenvalue weighted by molar-refractivity contribution is 0.437. The van der Waals surface area contributed by atoms with Crippen LogP contribution in [0.25, 0.3) is 10.8 Å². The van der Waals surface area contributed by atoms with E-state index in [0.717, 1.165) is 16.3 Å². The third-order valence-corrected chi connectivity index (χ3v) is 4.64. The molecule has 0 aliphatic carbocycles. The van der Waals surface area contributed by atoms with Gasteiger partial charge < -0.3 is 10.5 Å². The highest BCUT2D eigenvalue weighted by atomic mass is 35.5. The number of hydrogen-bond donors (Lipinski definition) is 1. The summed E-state index contributed by atoms with van der Waals surface area (Å²) >= 11 is 6.05. The largest absolute Gasteiger partial charge is 0.439 e. The van der Waals surface area contributed by atoms with Gasteiger partial charge in [0.15, 0.2) is 0 Å². The van der Waals surface area contributed by atoms with Crippen molar-refractivity contribution in [1.29, 1.82) is 5.26 Å². The van der Waals surface area contributed by atoms with E-state index in [0.29, 0.717) is 34.6 Å². The van der Waals surface area contributed by atoms with Crippen LogP contribution < -0.4 is 10.5 Å². The van der Waals surface area contributed by atoms with Crippen molar-refractivity contribution in [2.75, 3.05) is 5.73 Å². The van der Waals surface area contributed by atoms with Crippen LogP contribution in [0.5, 0.6) is 11.6 Å². The molecule has 0 spiro atoms. The molecule has 1 heterocycles. The number of rotatable bonds is 4. The van der Waals surface area contributed by atoms with Gasteiger partial charge >= 0.3 is 0 Å². The summed E-state index contributed by atoms with van der Waals surface area (Å²) in [4.78, 5) is 0. The number of fused-ring (bicyclic) bond motifs is 1. The Balaban J connectivity index is 1.79. The Kier molecular flexibility index (Phi) is 4.45. The quantitative estimate of drug-likeness (QED) is 0.507. The number of nitrogens with two attached hydrogens (primary N) is 1. The molecular formula is C22H16ClN3O. The molecule has 0 unspecified atom stereocenters. The smallest absolute Gasteiger partial charge is 0.224 e. The molecule has 0 bridgehead atoms. The van der Waals surface area contributed by atoms with E-state index < -0.39 is 0 Å². The van der Waals surface area contributed by atoms with Crippen LogP contribution in [0.1, 0.15) is 11.3 Å². The summed E-state index contributed by atoms with van der Waals surface area (Å²) in [6.45, 7) is 0.470. The minimum Gasteiger partial charge on any atom is -0.439 e. The summed E-state index contributed by atoms with van der Waals surface area (Å²) in [5.41, 5.74) is 8.07. The molecule has 0 aliphatic rings. The van der Waals surface area contributed by atoms with Crippen molar-refractivity contribution in [3.05, 3.63) is 89.1 Å². The third-order valence-electron chi connectivity index (χ3n) is 4.41. The number of nitriles is 1. The summed E-state index contributed by atoms with van der Waals surface area (Å²) in [6, 6.07) is 25.2. The lowest BCUT2D eigenvalue weighted by atomic mass is 10.0. The minimum atomic E-state index is 0.409. The molecule has 3 aromatic carbocycles. The molecule has 132 valence electrons. The van der Waals surface area contributed by atoms with Gasteiger partial charge in [0.05, 0.1) is 12.2 Å². The average molecular weight is 374 g/mol. The molecule has 4 rings (SSSR count). The van der Waals surface area contributed by atoms with Gasteiger partial charge in [0.2, 0.25) is 5.88 Å². The minimum absolute atomic E-state index is 0.409. The van der Waals surface area contributed by atoms with Gasteiger partial charge in [0.25, 0.3) is 0 Å². The van der Waals surface area contributed by atoms with Crippen LogP contribution in [0.3, 0.4) is 0 Å². The number of ether oxygens (including phenoxy) is 1. The lowest BCUT2D eigenvalue weighted by Gasteiger charge is -2.14. The molecule has 0 aliphatic heterocycles. The fourth-order valence-electron chi connectivity index (χ4n) is 3.16. The van der Waals surface area contributed by atoms with Gasteiger partial charge in [0, 0.05) is 11.1 Å². The Morgan fingerprint density at radius 2 is 1.78 bits per heavy atom. The average Bonchev–Trinajstić information content (AvgIpc) is 2.97. The Morgan fingerprint density at radius 1 is 1.00 bits per heavy atom. The maximum absolute atomic E-state index is 9.55. The SMILES string of the molecule is N#Cc1cc(N)c(Oc2cccc(Cl)c2)n1Cc1cccc2ccccc12. The molecule has 0 amide bonds. The lowest BCUT2D eigenvalue weighted by Crippen LogP contribution is -2.05. The number of anilines is 1. The standard InChI is InChI=1S/C22H16ClN3O/c23-17-8-4-9-19(11-17)27-22-21(25)12-18(13-24)26(22)14-16-7-3-6-15-5-1-2-10-20(15)16/h1-12H,14,25H2. The summed E-state index contributed by atoms with van der Waals surface area (Å²) in [5.74, 6) is 0.998. The van der Waals surface area contributed by atoms with Gasteiger partial charge in [-0.1, -0.05) is 60.1 Å². The van der Waals surface area contributed by atoms with Crippen LogP contribution in [0, 0.1) is 11.3 Å². The fraction of sp³-hybridized carbons (Fsp3) is 0.0455. The first-order valence-electron chi connectivity index (χ1n) is 8.45. The van der Waals surface area contributed by atoms with Gasteiger partial charge in [-0.05, 0) is 34.5 Å². The van der Waals surface area contributed by atoms with Gasteiger partial charge in [-0.2, -0.15) is 5.26 Å². The first-order valence-corrected chi connectivity index (χ1v) is 8.82. The van der Waals surface area contributed by atoms with Crippen molar-refractivity contribution >= 4 is 28.1 Å². The summed E-state index contributed by atoms with van der Waals surface area (Å²) in [5, 5.41) is 12.4. The molecular weight excluding hydrogens is 358 g/mol. The topological polar surface area (TPSA) is 64.0 Å². The van der Waals surface area contributed by atoms with Crippen molar-refractivity contribution in [2.24, 2.45) is 0 Å². The van der Waals surface area contributed by atoms with Crippen LogP contribution >= 0.6 is 11.6 Å². The molecule has 4 nitrogen and oxygen atoms in total. The first kappa shape index (κ1) is 17.0. The molecule has 1 aromatic heterocycles. The van der Waals surface area contributed by atoms with E-state index in [2.05, 4.69) is 24.3 Å². The van der Waals surface area contributed by atoms with E-state index in [9.17, 15) is 5.26 Å². The number of benzene rings is 3. The van der Waals surface area contributed by atoms with Crippen LogP contribution in [0.2, 0.25) is 5.02 Å². The Labute approximate surface area is 162 Å². The number of nitrogen functional groups attached to an aromatic ring is 1. The highest BCUT2D eigenvalue weighted by molar-refractivity contribution is 6.30. The number of aromatic nitrogens is 1. The first-order chi connectivity index (χ1) is 13.2. The van der Waals surface area contributed by atoms with E-state index in [1.807, 2.05) is 24.3 Å². The number of hydrogen-bond acceptors (Lipinski definition) is 3. The van der Waals surface area contributed by atoms with E-state index >= 15 is 0 Å². The Morgan fingerprint density at radius 3 is 2.59 bits per heavy atom. The normalized spacial score (nSPS) is 10.7. The van der Waals surface area contributed by atoms with Gasteiger partial charge in [-0.25, -0.2) is 0 Å². The van der Waals surface area contributed by atoms with Crippen molar-refractivity contribution < 1.29 is 4.74 Å². The second-order valence-corrected chi connectivity index (χ2v) is 6.62. The Bertz CT molecular complexity index is 1170. The van der Waals surface area contributed by atoms with E-state index in [1.54, 1.807) is 34.9 Å². The van der Waals surface area contributed by atoms with Gasteiger partial charge in [-0.15, -0.1) is 0 Å². The summed E-state index contributed by atoms with van der Waals surface area (Å²) in [7, 11) is 0. The second kappa shape index (κ2) is 7.06. The molecule has 2 N–H and O–H groups in total. The maximum Gasteiger partial charge on any atom is 0.224 e. The maximum atomic E-state index is 9.55. The molecule has 0 saturated heterocycles. The van der Waals surface area contributed by atoms with Crippen LogP contribution in [-0.4, -0.2) is 4.57 Å². The molecule has 0 radical (unpaired) electrons. The summed E-state index contributed by atoms with van der Waals surface area (Å²) in [6.07, 6.45) is 0. The molecule has 0 saturated carbocycles. The Hall–Kier alpha value is -3.42. The molecule has 0 atom stereocenters. The molecule has 0 fully saturated rings.